The Kier molecular flexibility index (Phi) is 3.87. The predicted molar refractivity (Wildman–Crippen MR) is 55.4 cm³/mol. The van der Waals surface area contributed by atoms with Gasteiger partial charge in [-0.3, -0.25) is 9.59 Å². The summed E-state index contributed by atoms with van der Waals surface area (Å²) in [6.07, 6.45) is 2.86. The normalized spacial score (nSPS) is 18.8. The van der Waals surface area contributed by atoms with Gasteiger partial charge in [-0.2, -0.15) is 0 Å². The molecular formula is C10H16N2O4. The zero-order valence-electron chi connectivity index (χ0n) is 8.99. The molecule has 2 amide bonds. The Hall–Kier alpha value is -1.59. The number of nitrogens with two attached hydrogens (primary N) is 1. The molecule has 0 saturated heterocycles. The molecule has 1 rings (SSSR count). The third-order valence-corrected chi connectivity index (χ3v) is 2.83. The molecule has 0 atom stereocenters. The molecule has 1 fully saturated rings. The number of amides is 2. The van der Waals surface area contributed by atoms with Gasteiger partial charge in [0.15, 0.2) is 0 Å². The van der Waals surface area contributed by atoms with Crippen molar-refractivity contribution in [2.75, 3.05) is 0 Å². The van der Waals surface area contributed by atoms with Gasteiger partial charge in [0.25, 0.3) is 0 Å². The summed E-state index contributed by atoms with van der Waals surface area (Å²) >= 11 is 0. The Balaban J connectivity index is 2.67. The highest BCUT2D eigenvalue weighted by Crippen LogP contribution is 2.28. The van der Waals surface area contributed by atoms with Crippen molar-refractivity contribution in [2.24, 2.45) is 5.73 Å². The summed E-state index contributed by atoms with van der Waals surface area (Å²) < 4.78 is 0. The molecular weight excluding hydrogens is 212 g/mol. The average Bonchev–Trinajstić information content (AvgIpc) is 2.17. The van der Waals surface area contributed by atoms with E-state index in [1.165, 1.54) is 0 Å². The monoisotopic (exact) mass is 228 g/mol. The van der Waals surface area contributed by atoms with E-state index in [0.29, 0.717) is 12.8 Å². The van der Waals surface area contributed by atoms with Crippen molar-refractivity contribution in [1.29, 1.82) is 0 Å². The maximum atomic E-state index is 11.4. The highest BCUT2D eigenvalue weighted by atomic mass is 16.4. The third kappa shape index (κ3) is 2.95. The molecule has 0 spiro atoms. The second-order valence-electron chi connectivity index (χ2n) is 4.14. The Bertz CT molecular complexity index is 308. The van der Waals surface area contributed by atoms with Gasteiger partial charge >= 0.3 is 5.97 Å². The van der Waals surface area contributed by atoms with Crippen LogP contribution in [-0.2, 0) is 14.4 Å². The van der Waals surface area contributed by atoms with Crippen molar-refractivity contribution in [3.8, 4) is 0 Å². The van der Waals surface area contributed by atoms with Crippen LogP contribution < -0.4 is 11.1 Å². The number of carbonyl (C=O) groups is 3. The quantitative estimate of drug-likeness (QED) is 0.577. The molecule has 0 radical (unpaired) electrons. The van der Waals surface area contributed by atoms with Crippen LogP contribution in [0.1, 0.15) is 38.5 Å². The molecule has 0 aromatic heterocycles. The molecule has 0 unspecified atom stereocenters. The van der Waals surface area contributed by atoms with Crippen molar-refractivity contribution in [2.45, 2.75) is 44.1 Å². The lowest BCUT2D eigenvalue weighted by Crippen LogP contribution is -2.56. The third-order valence-electron chi connectivity index (χ3n) is 2.83. The molecule has 0 aliphatic heterocycles. The fourth-order valence-electron chi connectivity index (χ4n) is 2.02. The lowest BCUT2D eigenvalue weighted by Gasteiger charge is -2.33. The highest BCUT2D eigenvalue weighted by Gasteiger charge is 2.40. The molecule has 1 aliphatic rings. The number of rotatable bonds is 4. The average molecular weight is 228 g/mol. The summed E-state index contributed by atoms with van der Waals surface area (Å²) in [5, 5.41) is 11.6. The van der Waals surface area contributed by atoms with Crippen molar-refractivity contribution in [3.05, 3.63) is 0 Å². The van der Waals surface area contributed by atoms with Gasteiger partial charge in [-0.1, -0.05) is 19.3 Å². The van der Waals surface area contributed by atoms with Crippen molar-refractivity contribution >= 4 is 17.8 Å². The number of carboxylic acids is 1. The fourth-order valence-corrected chi connectivity index (χ4v) is 2.02. The largest absolute Gasteiger partial charge is 0.480 e. The molecule has 6 nitrogen and oxygen atoms in total. The molecule has 0 aromatic carbocycles. The number of hydrogen-bond donors (Lipinski definition) is 3. The van der Waals surface area contributed by atoms with Gasteiger partial charge in [0.1, 0.15) is 12.0 Å². The molecule has 4 N–H and O–H groups in total. The Morgan fingerprint density at radius 2 is 1.75 bits per heavy atom. The van der Waals surface area contributed by atoms with Gasteiger partial charge in [-0.05, 0) is 12.8 Å². The lowest BCUT2D eigenvalue weighted by molar-refractivity contribution is -0.149. The first-order valence-corrected chi connectivity index (χ1v) is 5.29. The molecule has 90 valence electrons. The predicted octanol–water partition coefficient (Wildman–Crippen LogP) is -0.235. The molecule has 0 bridgehead atoms. The van der Waals surface area contributed by atoms with E-state index in [-0.39, 0.29) is 0 Å². The lowest BCUT2D eigenvalue weighted by atomic mass is 9.81. The van der Waals surface area contributed by atoms with Crippen molar-refractivity contribution < 1.29 is 19.5 Å². The van der Waals surface area contributed by atoms with Crippen LogP contribution in [0.25, 0.3) is 0 Å². The Morgan fingerprint density at radius 1 is 1.19 bits per heavy atom. The number of primary amides is 1. The summed E-state index contributed by atoms with van der Waals surface area (Å²) in [5.41, 5.74) is 3.67. The standard InChI is InChI=1S/C10H16N2O4/c11-7(13)6-8(14)12-10(9(15)16)4-2-1-3-5-10/h1-6H2,(H2,11,13)(H,12,14)(H,15,16). The number of carbonyl (C=O) groups excluding carboxylic acids is 2. The SMILES string of the molecule is NC(=O)CC(=O)NC1(C(=O)O)CCCCC1. The van der Waals surface area contributed by atoms with Crippen LogP contribution in [0.4, 0.5) is 0 Å². The van der Waals surface area contributed by atoms with Crippen LogP contribution in [0.2, 0.25) is 0 Å². The first-order chi connectivity index (χ1) is 7.46. The zero-order valence-corrected chi connectivity index (χ0v) is 8.99. The number of hydrogen-bond acceptors (Lipinski definition) is 3. The minimum absolute atomic E-state index is 0.410. The molecule has 0 aromatic rings. The van der Waals surface area contributed by atoms with Gasteiger partial charge in [0.05, 0.1) is 0 Å². The fraction of sp³-hybridized carbons (Fsp3) is 0.700. The van der Waals surface area contributed by atoms with E-state index in [1.54, 1.807) is 0 Å². The molecule has 16 heavy (non-hydrogen) atoms. The Labute approximate surface area is 93.2 Å². The maximum absolute atomic E-state index is 11.4. The van der Waals surface area contributed by atoms with E-state index in [0.717, 1.165) is 19.3 Å². The second kappa shape index (κ2) is 4.96. The van der Waals surface area contributed by atoms with Crippen LogP contribution in [-0.4, -0.2) is 28.4 Å². The Morgan fingerprint density at radius 3 is 2.19 bits per heavy atom. The van der Waals surface area contributed by atoms with E-state index < -0.39 is 29.7 Å². The van der Waals surface area contributed by atoms with Crippen LogP contribution in [0.3, 0.4) is 0 Å². The summed E-state index contributed by atoms with van der Waals surface area (Å²) in [7, 11) is 0. The van der Waals surface area contributed by atoms with Crippen LogP contribution >= 0.6 is 0 Å². The van der Waals surface area contributed by atoms with Gasteiger partial charge in [-0.25, -0.2) is 4.79 Å². The smallest absolute Gasteiger partial charge is 0.329 e. The minimum Gasteiger partial charge on any atom is -0.480 e. The van der Waals surface area contributed by atoms with Gasteiger partial charge in [0.2, 0.25) is 11.8 Å². The molecule has 0 heterocycles. The van der Waals surface area contributed by atoms with Crippen molar-refractivity contribution in [3.63, 3.8) is 0 Å². The molecule has 6 heteroatoms. The molecule has 1 saturated carbocycles. The highest BCUT2D eigenvalue weighted by molar-refractivity contribution is 5.98. The topological polar surface area (TPSA) is 109 Å². The van der Waals surface area contributed by atoms with Gasteiger partial charge in [-0.15, -0.1) is 0 Å². The van der Waals surface area contributed by atoms with E-state index in [4.69, 9.17) is 10.8 Å². The molecule has 1 aliphatic carbocycles. The van der Waals surface area contributed by atoms with Gasteiger partial charge < -0.3 is 16.2 Å². The van der Waals surface area contributed by atoms with E-state index in [2.05, 4.69) is 5.32 Å². The van der Waals surface area contributed by atoms with E-state index in [9.17, 15) is 14.4 Å². The van der Waals surface area contributed by atoms with Crippen LogP contribution in [0.5, 0.6) is 0 Å². The number of aliphatic carboxylic acids is 1. The number of carboxylic acid groups (broad SMARTS) is 1. The summed E-state index contributed by atoms with van der Waals surface area (Å²) in [6.45, 7) is 0. The van der Waals surface area contributed by atoms with E-state index >= 15 is 0 Å². The minimum atomic E-state index is -1.20. The first kappa shape index (κ1) is 12.5. The van der Waals surface area contributed by atoms with Crippen molar-refractivity contribution in [1.82, 2.24) is 5.32 Å². The summed E-state index contributed by atoms with van der Waals surface area (Å²) in [5.74, 6) is -2.41. The summed E-state index contributed by atoms with van der Waals surface area (Å²) in [4.78, 5) is 33.1. The maximum Gasteiger partial charge on any atom is 0.329 e. The van der Waals surface area contributed by atoms with Gasteiger partial charge in [0, 0.05) is 0 Å². The van der Waals surface area contributed by atoms with E-state index in [1.807, 2.05) is 0 Å². The zero-order chi connectivity index (χ0) is 12.2. The number of nitrogens with one attached hydrogen (secondary N) is 1. The summed E-state index contributed by atoms with van der Waals surface area (Å²) in [6, 6.07) is 0. The second-order valence-corrected chi connectivity index (χ2v) is 4.14. The van der Waals surface area contributed by atoms with Crippen LogP contribution in [0, 0.1) is 0 Å². The first-order valence-electron chi connectivity index (χ1n) is 5.29. The van der Waals surface area contributed by atoms with Crippen LogP contribution in [0.15, 0.2) is 0 Å².